The highest BCUT2D eigenvalue weighted by atomic mass is 14.8. The highest BCUT2D eigenvalue weighted by molar-refractivity contribution is 5.27. The molecule has 0 aliphatic carbocycles. The third kappa shape index (κ3) is 3.76. The molecule has 1 heteroatoms. The van der Waals surface area contributed by atoms with E-state index in [1.54, 1.807) is 0 Å². The lowest BCUT2D eigenvalue weighted by molar-refractivity contribution is 0.489. The summed E-state index contributed by atoms with van der Waals surface area (Å²) in [6.45, 7) is 19.0. The summed E-state index contributed by atoms with van der Waals surface area (Å²) in [6.07, 6.45) is 3.13. The van der Waals surface area contributed by atoms with Crippen molar-refractivity contribution in [3.05, 3.63) is 36.2 Å². The van der Waals surface area contributed by atoms with Crippen molar-refractivity contribution in [2.75, 3.05) is 0 Å². The summed E-state index contributed by atoms with van der Waals surface area (Å²) in [5.41, 5.74) is 2.82. The molecule has 0 atom stereocenters. The van der Waals surface area contributed by atoms with Crippen molar-refractivity contribution in [3.63, 3.8) is 0 Å². The van der Waals surface area contributed by atoms with Gasteiger partial charge in [-0.3, -0.25) is 0 Å². The Balaban J connectivity index is 0.00000121. The first kappa shape index (κ1) is 16.0. The fourth-order valence-electron chi connectivity index (χ4n) is 1.47. The Kier molecular flexibility index (Phi) is 5.74. The van der Waals surface area contributed by atoms with Crippen LogP contribution in [0.3, 0.4) is 0 Å². The van der Waals surface area contributed by atoms with E-state index in [2.05, 4.69) is 58.3 Å². The quantitative estimate of drug-likeness (QED) is 0.691. The molecule has 0 aliphatic heterocycles. The minimum atomic E-state index is 0.0298. The maximum Gasteiger partial charge on any atom is 0.0245 e. The van der Waals surface area contributed by atoms with E-state index in [1.807, 2.05) is 19.9 Å². The summed E-state index contributed by atoms with van der Waals surface area (Å²) >= 11 is 0. The topological polar surface area (TPSA) is 15.8 Å². The monoisotopic (exact) mass is 235 g/mol. The van der Waals surface area contributed by atoms with Crippen molar-refractivity contribution < 1.29 is 0 Å². The maximum absolute atomic E-state index is 3.88. The summed E-state index contributed by atoms with van der Waals surface area (Å²) in [6, 6.07) is 4.37. The Labute approximate surface area is 107 Å². The molecule has 0 amide bonds. The highest BCUT2D eigenvalue weighted by Crippen LogP contribution is 2.30. The van der Waals surface area contributed by atoms with Gasteiger partial charge in [0.15, 0.2) is 0 Å². The fourth-order valence-corrected chi connectivity index (χ4v) is 1.47. The van der Waals surface area contributed by atoms with Gasteiger partial charge in [0.2, 0.25) is 0 Å². The Hall–Kier alpha value is -0.980. The number of hydrogen-bond donors (Lipinski definition) is 1. The Morgan fingerprint density at radius 1 is 1.12 bits per heavy atom. The SMILES string of the molecule is C=CC(C)(C)c1ccc(C(C)(C)CC)[nH]1.CC. The fraction of sp³-hybridized carbons (Fsp3) is 0.625. The standard InChI is InChI=1S/C14H23N.C2H6/c1-7-13(3,4)11-9-10-12(15-11)14(5,6)8-2;1-2/h7,9-10,15H,1,8H2,2-6H3;1-2H3. The molecular formula is C16H29N. The molecule has 0 unspecified atom stereocenters. The summed E-state index contributed by atoms with van der Waals surface area (Å²) in [4.78, 5) is 3.52. The highest BCUT2D eigenvalue weighted by Gasteiger charge is 2.23. The predicted octanol–water partition coefficient (Wildman–Crippen LogP) is 5.19. The summed E-state index contributed by atoms with van der Waals surface area (Å²) in [7, 11) is 0. The zero-order valence-electron chi connectivity index (χ0n) is 12.6. The van der Waals surface area contributed by atoms with Crippen LogP contribution in [0.5, 0.6) is 0 Å². The van der Waals surface area contributed by atoms with Crippen molar-refractivity contribution in [1.82, 2.24) is 4.98 Å². The van der Waals surface area contributed by atoms with Crippen LogP contribution in [0.4, 0.5) is 0 Å². The molecule has 0 saturated heterocycles. The van der Waals surface area contributed by atoms with Crippen LogP contribution < -0.4 is 0 Å². The number of nitrogens with one attached hydrogen (secondary N) is 1. The van der Waals surface area contributed by atoms with E-state index in [0.717, 1.165) is 6.42 Å². The molecule has 1 aromatic rings. The predicted molar refractivity (Wildman–Crippen MR) is 78.7 cm³/mol. The average molecular weight is 235 g/mol. The molecule has 0 aromatic carbocycles. The van der Waals surface area contributed by atoms with Gasteiger partial charge in [-0.2, -0.15) is 0 Å². The summed E-state index contributed by atoms with van der Waals surface area (Å²) in [5.74, 6) is 0. The zero-order chi connectivity index (χ0) is 13.7. The van der Waals surface area contributed by atoms with Gasteiger partial charge in [-0.15, -0.1) is 6.58 Å². The van der Waals surface area contributed by atoms with Crippen molar-refractivity contribution in [1.29, 1.82) is 0 Å². The van der Waals surface area contributed by atoms with E-state index in [9.17, 15) is 0 Å². The number of allylic oxidation sites excluding steroid dienone is 1. The first-order chi connectivity index (χ1) is 7.83. The minimum Gasteiger partial charge on any atom is -0.361 e. The maximum atomic E-state index is 3.88. The molecule has 0 saturated carbocycles. The number of hydrogen-bond acceptors (Lipinski definition) is 0. The molecule has 1 aromatic heterocycles. The molecule has 1 N–H and O–H groups in total. The second-order valence-electron chi connectivity index (χ2n) is 5.45. The van der Waals surface area contributed by atoms with Gasteiger partial charge in [0.1, 0.15) is 0 Å². The first-order valence-electron chi connectivity index (χ1n) is 6.67. The van der Waals surface area contributed by atoms with Crippen molar-refractivity contribution >= 4 is 0 Å². The molecule has 0 radical (unpaired) electrons. The van der Waals surface area contributed by atoms with Crippen LogP contribution in [0, 0.1) is 0 Å². The Morgan fingerprint density at radius 2 is 1.59 bits per heavy atom. The van der Waals surface area contributed by atoms with Crippen LogP contribution in [0.1, 0.15) is 66.3 Å². The third-order valence-corrected chi connectivity index (χ3v) is 3.50. The van der Waals surface area contributed by atoms with Gasteiger partial charge < -0.3 is 4.98 Å². The third-order valence-electron chi connectivity index (χ3n) is 3.50. The van der Waals surface area contributed by atoms with Crippen molar-refractivity contribution in [2.45, 2.75) is 65.7 Å². The molecule has 0 fully saturated rings. The van der Waals surface area contributed by atoms with Gasteiger partial charge in [-0.25, -0.2) is 0 Å². The Morgan fingerprint density at radius 3 is 2.00 bits per heavy atom. The largest absolute Gasteiger partial charge is 0.361 e. The van der Waals surface area contributed by atoms with Gasteiger partial charge in [-0.05, 0) is 18.6 Å². The van der Waals surface area contributed by atoms with Crippen molar-refractivity contribution in [3.8, 4) is 0 Å². The second-order valence-corrected chi connectivity index (χ2v) is 5.45. The molecule has 0 bridgehead atoms. The van der Waals surface area contributed by atoms with E-state index in [0.29, 0.717) is 0 Å². The lowest BCUT2D eigenvalue weighted by atomic mass is 9.87. The van der Waals surface area contributed by atoms with E-state index in [4.69, 9.17) is 0 Å². The molecule has 1 nitrogen and oxygen atoms in total. The minimum absolute atomic E-state index is 0.0298. The summed E-state index contributed by atoms with van der Waals surface area (Å²) in [5, 5.41) is 0. The van der Waals surface area contributed by atoms with Gasteiger partial charge in [0.05, 0.1) is 0 Å². The first-order valence-corrected chi connectivity index (χ1v) is 6.67. The van der Waals surface area contributed by atoms with Crippen LogP contribution in [-0.4, -0.2) is 4.98 Å². The van der Waals surface area contributed by atoms with E-state index in [1.165, 1.54) is 11.4 Å². The molecule has 17 heavy (non-hydrogen) atoms. The molecule has 0 spiro atoms. The van der Waals surface area contributed by atoms with Crippen LogP contribution in [0.15, 0.2) is 24.8 Å². The molecule has 98 valence electrons. The van der Waals surface area contributed by atoms with E-state index in [-0.39, 0.29) is 10.8 Å². The van der Waals surface area contributed by atoms with Gasteiger partial charge in [0, 0.05) is 22.2 Å². The van der Waals surface area contributed by atoms with Crippen LogP contribution in [-0.2, 0) is 10.8 Å². The van der Waals surface area contributed by atoms with Gasteiger partial charge >= 0.3 is 0 Å². The molecule has 0 aliphatic rings. The number of aromatic nitrogens is 1. The van der Waals surface area contributed by atoms with Crippen LogP contribution in [0.2, 0.25) is 0 Å². The van der Waals surface area contributed by atoms with E-state index < -0.39 is 0 Å². The molecule has 1 rings (SSSR count). The molecule has 1 heterocycles. The van der Waals surface area contributed by atoms with Crippen LogP contribution >= 0.6 is 0 Å². The Bertz CT molecular complexity index is 342. The zero-order valence-corrected chi connectivity index (χ0v) is 12.6. The van der Waals surface area contributed by atoms with Gasteiger partial charge in [-0.1, -0.05) is 54.5 Å². The molecular weight excluding hydrogens is 206 g/mol. The van der Waals surface area contributed by atoms with Gasteiger partial charge in [0.25, 0.3) is 0 Å². The number of H-pyrrole nitrogens is 1. The van der Waals surface area contributed by atoms with Crippen LogP contribution in [0.25, 0.3) is 0 Å². The number of rotatable bonds is 4. The lowest BCUT2D eigenvalue weighted by Gasteiger charge is -2.23. The summed E-state index contributed by atoms with van der Waals surface area (Å²) < 4.78 is 0. The van der Waals surface area contributed by atoms with E-state index >= 15 is 0 Å². The normalized spacial score (nSPS) is 11.7. The second kappa shape index (κ2) is 6.09. The average Bonchev–Trinajstić information content (AvgIpc) is 2.82. The lowest BCUT2D eigenvalue weighted by Crippen LogP contribution is -2.18. The number of aromatic amines is 1. The smallest absolute Gasteiger partial charge is 0.0245 e. The van der Waals surface area contributed by atoms with Crippen molar-refractivity contribution in [2.24, 2.45) is 0 Å².